The van der Waals surface area contributed by atoms with E-state index in [2.05, 4.69) is 110 Å². The molecule has 0 saturated carbocycles. The van der Waals surface area contributed by atoms with E-state index in [4.69, 9.17) is 0 Å². The third-order valence-corrected chi connectivity index (χ3v) is 8.10. The van der Waals surface area contributed by atoms with Crippen LogP contribution < -0.4 is 10.6 Å². The second-order valence-electron chi connectivity index (χ2n) is 10.8. The first kappa shape index (κ1) is 32.8. The van der Waals surface area contributed by atoms with Gasteiger partial charge in [-0.1, -0.05) is 64.5 Å². The fourth-order valence-electron chi connectivity index (χ4n) is 4.99. The van der Waals surface area contributed by atoms with Crippen molar-refractivity contribution in [2.45, 2.75) is 25.9 Å². The van der Waals surface area contributed by atoms with Crippen molar-refractivity contribution in [2.75, 3.05) is 10.6 Å². The summed E-state index contributed by atoms with van der Waals surface area (Å²) in [5.41, 5.74) is 5.25. The van der Waals surface area contributed by atoms with E-state index in [1.54, 1.807) is 23.7 Å². The number of nitrogens with zero attached hydrogens (tertiary/aromatic N) is 9. The molecule has 8 rings (SSSR count). The van der Waals surface area contributed by atoms with Crippen LogP contribution in [0.25, 0.3) is 27.5 Å². The Hall–Kier alpha value is -6.08. The number of H-pyrrole nitrogens is 1. The number of rotatable bonds is 7. The first-order chi connectivity index (χ1) is 24.0. The highest BCUT2D eigenvalue weighted by atomic mass is 79.9. The lowest BCUT2D eigenvalue weighted by atomic mass is 10.1. The number of halogens is 1. The van der Waals surface area contributed by atoms with Crippen molar-refractivity contribution >= 4 is 49.4 Å². The van der Waals surface area contributed by atoms with Gasteiger partial charge in [-0.2, -0.15) is 10.2 Å². The minimum atomic E-state index is 0.119. The third-order valence-electron chi connectivity index (χ3n) is 7.57. The van der Waals surface area contributed by atoms with Crippen molar-refractivity contribution in [3.8, 4) is 5.69 Å². The van der Waals surface area contributed by atoms with E-state index in [-0.39, 0.29) is 12.1 Å². The molecule has 244 valence electrons. The lowest BCUT2D eigenvalue weighted by Gasteiger charge is -2.16. The monoisotopic (exact) mass is 712 g/mol. The van der Waals surface area contributed by atoms with Gasteiger partial charge in [0.15, 0.2) is 0 Å². The average Bonchev–Trinajstić information content (AvgIpc) is 3.91. The van der Waals surface area contributed by atoms with Gasteiger partial charge in [0, 0.05) is 27.3 Å². The molecule has 0 aliphatic heterocycles. The molecular weight excluding hydrogens is 680 g/mol. The van der Waals surface area contributed by atoms with Crippen LogP contribution in [0.5, 0.6) is 0 Å². The predicted octanol–water partition coefficient (Wildman–Crippen LogP) is 7.75. The Labute approximate surface area is 291 Å². The predicted molar refractivity (Wildman–Crippen MR) is 195 cm³/mol. The molecule has 4 aromatic carbocycles. The zero-order chi connectivity index (χ0) is 33.8. The maximum atomic E-state index is 4.39. The first-order valence-electron chi connectivity index (χ1n) is 15.5. The number of aromatic amines is 1. The molecule has 0 radical (unpaired) electrons. The van der Waals surface area contributed by atoms with Crippen LogP contribution in [0.1, 0.15) is 37.1 Å². The fourth-order valence-corrected chi connectivity index (χ4v) is 5.26. The molecule has 0 fully saturated rings. The summed E-state index contributed by atoms with van der Waals surface area (Å²) in [6.45, 7) is 4.24. The molecule has 0 bridgehead atoms. The van der Waals surface area contributed by atoms with Crippen LogP contribution in [0.15, 0.2) is 139 Å². The summed E-state index contributed by atoms with van der Waals surface area (Å²) < 4.78 is 2.82. The number of anilines is 2. The number of para-hydroxylation sites is 2. The fraction of sp³-hybridized carbons (Fsp3) is 0.111. The van der Waals surface area contributed by atoms with Gasteiger partial charge in [-0.05, 0) is 73.5 Å². The van der Waals surface area contributed by atoms with E-state index in [0.29, 0.717) is 0 Å². The second kappa shape index (κ2) is 16.2. The average molecular weight is 714 g/mol. The number of hydrogen-bond acceptors (Lipinski definition) is 10. The maximum absolute atomic E-state index is 4.39. The molecular formula is C36H33BrN12. The Balaban J connectivity index is 0.000000151. The third kappa shape index (κ3) is 8.64. The zero-order valence-electron chi connectivity index (χ0n) is 26.8. The molecule has 0 amide bonds. The van der Waals surface area contributed by atoms with Gasteiger partial charge in [-0.15, -0.1) is 0 Å². The van der Waals surface area contributed by atoms with Crippen LogP contribution in [0, 0.1) is 0 Å². The molecule has 2 atom stereocenters. The number of nitrogens with one attached hydrogen (secondary N) is 3. The number of aromatic nitrogens is 10. The van der Waals surface area contributed by atoms with Crippen molar-refractivity contribution in [3.05, 3.63) is 151 Å². The summed E-state index contributed by atoms with van der Waals surface area (Å²) in [6.07, 6.45) is 9.35. The van der Waals surface area contributed by atoms with Crippen molar-refractivity contribution < 1.29 is 0 Å². The molecule has 13 heteroatoms. The van der Waals surface area contributed by atoms with Crippen LogP contribution in [0.4, 0.5) is 11.6 Å². The summed E-state index contributed by atoms with van der Waals surface area (Å²) in [6, 6.07) is 32.8. The second-order valence-corrected chi connectivity index (χ2v) is 11.8. The quantitative estimate of drug-likeness (QED) is 0.150. The van der Waals surface area contributed by atoms with Crippen LogP contribution in [0.3, 0.4) is 0 Å². The molecule has 49 heavy (non-hydrogen) atoms. The lowest BCUT2D eigenvalue weighted by Crippen LogP contribution is -2.09. The Morgan fingerprint density at radius 1 is 0.612 bits per heavy atom. The normalized spacial score (nSPS) is 11.8. The first-order valence-corrected chi connectivity index (χ1v) is 16.3. The van der Waals surface area contributed by atoms with Gasteiger partial charge < -0.3 is 10.6 Å². The molecule has 8 aromatic rings. The van der Waals surface area contributed by atoms with Crippen molar-refractivity contribution in [1.29, 1.82) is 0 Å². The Morgan fingerprint density at radius 3 is 1.63 bits per heavy atom. The molecule has 3 N–H and O–H groups in total. The maximum Gasteiger partial charge on any atom is 0.138 e. The van der Waals surface area contributed by atoms with Gasteiger partial charge in [-0.25, -0.2) is 34.6 Å². The largest absolute Gasteiger partial charge is 0.363 e. The van der Waals surface area contributed by atoms with Crippen molar-refractivity contribution in [1.82, 2.24) is 49.9 Å². The zero-order valence-corrected chi connectivity index (χ0v) is 28.3. The molecule has 4 heterocycles. The Morgan fingerprint density at radius 2 is 1.16 bits per heavy atom. The summed E-state index contributed by atoms with van der Waals surface area (Å²) in [5.74, 6) is 1.71. The standard InChI is InChI=1S/C18H16N6.C16H14BrN3.C2H3N3/c1-13(14-6-8-15(9-7-14)24-12-19-10-22-24)23-18-16-4-2-3-5-17(16)20-11-21-18;1-11(12-6-8-13(17)9-7-12)20-16-14-4-2-3-5-15(14)18-10-19-16;1-3-2-5-4-1/h2-13H,1H3,(H,20,21,23);2-11H,1H3,(H,18,19,20);1-2H,(H,3,4,5). The van der Waals surface area contributed by atoms with E-state index in [1.165, 1.54) is 30.1 Å². The Kier molecular flexibility index (Phi) is 10.8. The van der Waals surface area contributed by atoms with Crippen LogP contribution in [0.2, 0.25) is 0 Å². The van der Waals surface area contributed by atoms with E-state index in [1.807, 2.05) is 72.8 Å². The van der Waals surface area contributed by atoms with Gasteiger partial charge in [0.05, 0.1) is 16.7 Å². The number of hydrogen-bond donors (Lipinski definition) is 3. The molecule has 4 aromatic heterocycles. The lowest BCUT2D eigenvalue weighted by molar-refractivity contribution is 0.859. The summed E-state index contributed by atoms with van der Waals surface area (Å²) in [5, 5.41) is 19.1. The van der Waals surface area contributed by atoms with Gasteiger partial charge in [0.2, 0.25) is 0 Å². The summed E-state index contributed by atoms with van der Waals surface area (Å²) in [4.78, 5) is 24.8. The molecule has 0 aliphatic rings. The molecule has 12 nitrogen and oxygen atoms in total. The van der Waals surface area contributed by atoms with E-state index >= 15 is 0 Å². The number of fused-ring (bicyclic) bond motifs is 2. The summed E-state index contributed by atoms with van der Waals surface area (Å²) >= 11 is 3.45. The van der Waals surface area contributed by atoms with Crippen LogP contribution in [-0.2, 0) is 0 Å². The van der Waals surface area contributed by atoms with E-state index in [0.717, 1.165) is 43.6 Å². The van der Waals surface area contributed by atoms with E-state index in [9.17, 15) is 0 Å². The molecule has 0 spiro atoms. The van der Waals surface area contributed by atoms with Gasteiger partial charge in [0.25, 0.3) is 0 Å². The minimum absolute atomic E-state index is 0.119. The van der Waals surface area contributed by atoms with E-state index < -0.39 is 0 Å². The molecule has 0 saturated heterocycles. The highest BCUT2D eigenvalue weighted by Gasteiger charge is 2.11. The van der Waals surface area contributed by atoms with Crippen LogP contribution >= 0.6 is 15.9 Å². The smallest absolute Gasteiger partial charge is 0.138 e. The highest BCUT2D eigenvalue weighted by molar-refractivity contribution is 9.10. The van der Waals surface area contributed by atoms with Crippen molar-refractivity contribution in [2.24, 2.45) is 0 Å². The minimum Gasteiger partial charge on any atom is -0.363 e. The van der Waals surface area contributed by atoms with Gasteiger partial charge in [-0.3, -0.25) is 5.10 Å². The van der Waals surface area contributed by atoms with Crippen LogP contribution in [-0.4, -0.2) is 49.9 Å². The molecule has 2 unspecified atom stereocenters. The highest BCUT2D eigenvalue weighted by Crippen LogP contribution is 2.26. The SMILES string of the molecule is CC(Nc1ncnc2ccccc12)c1ccc(-n2cncn2)cc1.CC(Nc1ncnc2ccccc12)c1ccc(Br)cc1.c1nc[nH]n1. The number of benzene rings is 4. The van der Waals surface area contributed by atoms with Gasteiger partial charge >= 0.3 is 0 Å². The Bertz CT molecular complexity index is 2140. The van der Waals surface area contributed by atoms with Gasteiger partial charge in [0.1, 0.15) is 49.6 Å². The summed E-state index contributed by atoms with van der Waals surface area (Å²) in [7, 11) is 0. The van der Waals surface area contributed by atoms with Crippen molar-refractivity contribution in [3.63, 3.8) is 0 Å². The topological polar surface area (TPSA) is 148 Å². The molecule has 0 aliphatic carbocycles.